The molecule has 1 aliphatic heterocycles. The molecule has 1 atom stereocenters. The number of nitrogens with one attached hydrogen (secondary N) is 1. The Hall–Kier alpha value is -4.06. The minimum atomic E-state index is -0.472. The highest BCUT2D eigenvalue weighted by molar-refractivity contribution is 5.90. The Bertz CT molecular complexity index is 1270. The molecular weight excluding hydrogens is 405 g/mol. The summed E-state index contributed by atoms with van der Waals surface area (Å²) in [6.07, 6.45) is 2.00. The molecule has 3 aromatic carbocycles. The van der Waals surface area contributed by atoms with Crippen molar-refractivity contribution in [3.63, 3.8) is 0 Å². The van der Waals surface area contributed by atoms with Crippen LogP contribution < -0.4 is 10.1 Å². The van der Waals surface area contributed by atoms with Crippen LogP contribution in [0.15, 0.2) is 91.1 Å². The Morgan fingerprint density at radius 3 is 2.50 bits per heavy atom. The van der Waals surface area contributed by atoms with Gasteiger partial charge in [0.05, 0.1) is 31.1 Å². The number of ether oxygens (including phenoxy) is 1. The first-order valence-corrected chi connectivity index (χ1v) is 10.4. The molecule has 32 heavy (non-hydrogen) atoms. The molecule has 1 aliphatic rings. The third-order valence-corrected chi connectivity index (χ3v) is 5.77. The lowest BCUT2D eigenvalue weighted by atomic mass is 10.0. The molecule has 0 aliphatic carbocycles. The minimum absolute atomic E-state index is 0.152. The average Bonchev–Trinajstić information content (AvgIpc) is 3.25. The summed E-state index contributed by atoms with van der Waals surface area (Å²) >= 11 is 0. The summed E-state index contributed by atoms with van der Waals surface area (Å²) in [6, 6.07) is 25.1. The SMILES string of the molecule is COc1ccc([C@H]2c3cccn3-c3ccccc3CN2C(=O)Nc2ccccc2F)cc1. The molecule has 5 rings (SSSR count). The molecular formula is C26H22FN3O2. The van der Waals surface area contributed by atoms with Gasteiger partial charge in [-0.25, -0.2) is 9.18 Å². The number of anilines is 1. The molecule has 0 unspecified atom stereocenters. The zero-order valence-electron chi connectivity index (χ0n) is 17.5. The van der Waals surface area contributed by atoms with Crippen LogP contribution in [-0.2, 0) is 6.54 Å². The van der Waals surface area contributed by atoms with E-state index in [4.69, 9.17) is 4.74 Å². The normalized spacial score (nSPS) is 14.8. The van der Waals surface area contributed by atoms with Crippen molar-refractivity contribution in [1.29, 1.82) is 0 Å². The van der Waals surface area contributed by atoms with Crippen molar-refractivity contribution < 1.29 is 13.9 Å². The fraction of sp³-hybridized carbons (Fsp3) is 0.115. The summed E-state index contributed by atoms with van der Waals surface area (Å²) in [6.45, 7) is 0.370. The van der Waals surface area contributed by atoms with E-state index in [-0.39, 0.29) is 17.8 Å². The number of carbonyl (C=O) groups is 1. The Balaban J connectivity index is 1.63. The first kappa shape index (κ1) is 19.9. The van der Waals surface area contributed by atoms with E-state index < -0.39 is 5.82 Å². The standard InChI is InChI=1S/C26H22FN3O2/c1-32-20-14-12-18(13-15-20)25-24-11-6-16-29(24)23-10-5-2-7-19(23)17-30(25)26(31)28-22-9-4-3-8-21(22)27/h2-16,25H,17H2,1H3,(H,28,31)/t25-/m0/s1. The number of carbonyl (C=O) groups excluding carboxylic acids is 1. The lowest BCUT2D eigenvalue weighted by molar-refractivity contribution is 0.194. The fourth-order valence-electron chi connectivity index (χ4n) is 4.23. The van der Waals surface area contributed by atoms with Gasteiger partial charge in [-0.15, -0.1) is 0 Å². The molecule has 1 N–H and O–H groups in total. The number of benzene rings is 3. The van der Waals surface area contributed by atoms with Gasteiger partial charge in [0.15, 0.2) is 0 Å². The quantitative estimate of drug-likeness (QED) is 0.452. The summed E-state index contributed by atoms with van der Waals surface area (Å²) in [5.41, 5.74) is 4.06. The molecule has 0 spiro atoms. The molecule has 0 bridgehead atoms. The van der Waals surface area contributed by atoms with E-state index in [2.05, 4.69) is 9.88 Å². The van der Waals surface area contributed by atoms with E-state index >= 15 is 0 Å². The van der Waals surface area contributed by atoms with Crippen molar-refractivity contribution in [2.24, 2.45) is 0 Å². The number of amides is 2. The number of methoxy groups -OCH3 is 1. The zero-order valence-corrected chi connectivity index (χ0v) is 17.5. The summed E-state index contributed by atoms with van der Waals surface area (Å²) < 4.78 is 21.7. The van der Waals surface area contributed by atoms with E-state index in [0.29, 0.717) is 6.54 Å². The number of hydrogen-bond acceptors (Lipinski definition) is 2. The van der Waals surface area contributed by atoms with Gasteiger partial charge in [0, 0.05) is 11.9 Å². The number of fused-ring (bicyclic) bond motifs is 3. The predicted octanol–water partition coefficient (Wildman–Crippen LogP) is 5.76. The second kappa shape index (κ2) is 8.23. The summed E-state index contributed by atoms with van der Waals surface area (Å²) in [7, 11) is 1.62. The summed E-state index contributed by atoms with van der Waals surface area (Å²) in [5, 5.41) is 2.76. The minimum Gasteiger partial charge on any atom is -0.497 e. The molecule has 5 nitrogen and oxygen atoms in total. The molecule has 4 aromatic rings. The molecule has 2 heterocycles. The van der Waals surface area contributed by atoms with Crippen LogP contribution >= 0.6 is 0 Å². The zero-order chi connectivity index (χ0) is 22.1. The Labute approximate surface area is 185 Å². The van der Waals surface area contributed by atoms with E-state index in [1.54, 1.807) is 30.2 Å². The van der Waals surface area contributed by atoms with E-state index in [1.807, 2.05) is 66.9 Å². The summed E-state index contributed by atoms with van der Waals surface area (Å²) in [4.78, 5) is 15.3. The topological polar surface area (TPSA) is 46.5 Å². The van der Waals surface area contributed by atoms with Gasteiger partial charge in [0.1, 0.15) is 11.6 Å². The van der Waals surface area contributed by atoms with Gasteiger partial charge in [-0.3, -0.25) is 0 Å². The number of aromatic nitrogens is 1. The van der Waals surface area contributed by atoms with Crippen molar-refractivity contribution in [2.45, 2.75) is 12.6 Å². The van der Waals surface area contributed by atoms with Crippen molar-refractivity contribution in [3.05, 3.63) is 114 Å². The maximum Gasteiger partial charge on any atom is 0.323 e. The van der Waals surface area contributed by atoms with Crippen LogP contribution in [0.2, 0.25) is 0 Å². The van der Waals surface area contributed by atoms with Crippen LogP contribution in [0.5, 0.6) is 5.75 Å². The molecule has 0 fully saturated rings. The van der Waals surface area contributed by atoms with Crippen LogP contribution in [0.25, 0.3) is 5.69 Å². The van der Waals surface area contributed by atoms with Gasteiger partial charge in [-0.1, -0.05) is 42.5 Å². The molecule has 2 amide bonds. The van der Waals surface area contributed by atoms with Crippen LogP contribution in [0.4, 0.5) is 14.9 Å². The monoisotopic (exact) mass is 427 g/mol. The van der Waals surface area contributed by atoms with Crippen LogP contribution in [0, 0.1) is 5.82 Å². The molecule has 0 radical (unpaired) electrons. The highest BCUT2D eigenvalue weighted by atomic mass is 19.1. The van der Waals surface area contributed by atoms with E-state index in [9.17, 15) is 9.18 Å². The first-order valence-electron chi connectivity index (χ1n) is 10.4. The molecule has 160 valence electrons. The van der Waals surface area contributed by atoms with Crippen LogP contribution in [0.1, 0.15) is 22.9 Å². The molecule has 6 heteroatoms. The van der Waals surface area contributed by atoms with Gasteiger partial charge in [0.2, 0.25) is 0 Å². The van der Waals surface area contributed by atoms with Gasteiger partial charge in [-0.2, -0.15) is 0 Å². The second-order valence-electron chi connectivity index (χ2n) is 7.65. The van der Waals surface area contributed by atoms with E-state index in [1.165, 1.54) is 6.07 Å². The highest BCUT2D eigenvalue weighted by Crippen LogP contribution is 2.37. The molecule has 1 aromatic heterocycles. The van der Waals surface area contributed by atoms with Crippen molar-refractivity contribution in [2.75, 3.05) is 12.4 Å². The smallest absolute Gasteiger partial charge is 0.323 e. The maximum atomic E-state index is 14.3. The Kier molecular flexibility index (Phi) is 5.11. The van der Waals surface area contributed by atoms with Gasteiger partial charge < -0.3 is 19.5 Å². The van der Waals surface area contributed by atoms with Crippen LogP contribution in [0.3, 0.4) is 0 Å². The van der Waals surface area contributed by atoms with Crippen LogP contribution in [-0.4, -0.2) is 22.6 Å². The van der Waals surface area contributed by atoms with Crippen molar-refractivity contribution in [1.82, 2.24) is 9.47 Å². The van der Waals surface area contributed by atoms with Crippen molar-refractivity contribution in [3.8, 4) is 11.4 Å². The van der Waals surface area contributed by atoms with E-state index in [0.717, 1.165) is 28.3 Å². The third-order valence-electron chi connectivity index (χ3n) is 5.77. The number of nitrogens with zero attached hydrogens (tertiary/aromatic N) is 2. The van der Waals surface area contributed by atoms with Gasteiger partial charge in [0.25, 0.3) is 0 Å². The predicted molar refractivity (Wildman–Crippen MR) is 122 cm³/mol. The number of hydrogen-bond donors (Lipinski definition) is 1. The van der Waals surface area contributed by atoms with Crippen molar-refractivity contribution >= 4 is 11.7 Å². The second-order valence-corrected chi connectivity index (χ2v) is 7.65. The number of para-hydroxylation sites is 2. The average molecular weight is 427 g/mol. The largest absolute Gasteiger partial charge is 0.497 e. The van der Waals surface area contributed by atoms with Gasteiger partial charge in [-0.05, 0) is 53.6 Å². The molecule has 0 saturated carbocycles. The fourth-order valence-corrected chi connectivity index (χ4v) is 4.23. The number of rotatable bonds is 3. The Morgan fingerprint density at radius 1 is 0.969 bits per heavy atom. The maximum absolute atomic E-state index is 14.3. The lowest BCUT2D eigenvalue weighted by Crippen LogP contribution is -2.38. The Morgan fingerprint density at radius 2 is 1.72 bits per heavy atom. The number of urea groups is 1. The highest BCUT2D eigenvalue weighted by Gasteiger charge is 2.33. The van der Waals surface area contributed by atoms with Gasteiger partial charge >= 0.3 is 6.03 Å². The number of halogens is 1. The molecule has 0 saturated heterocycles. The first-order chi connectivity index (χ1) is 15.7. The lowest BCUT2D eigenvalue weighted by Gasteiger charge is -2.31. The third kappa shape index (κ3) is 3.50. The summed E-state index contributed by atoms with van der Waals surface area (Å²) in [5.74, 6) is 0.267.